The molecule has 144 valence electrons. The van der Waals surface area contributed by atoms with Gasteiger partial charge in [0.2, 0.25) is 0 Å². The van der Waals surface area contributed by atoms with E-state index in [0.29, 0.717) is 32.6 Å². The number of benzene rings is 1. The van der Waals surface area contributed by atoms with Gasteiger partial charge in [-0.15, -0.1) is 0 Å². The molecule has 1 fully saturated rings. The fraction of sp³-hybridized carbons (Fsp3) is 0.579. The summed E-state index contributed by atoms with van der Waals surface area (Å²) in [6, 6.07) is 7.59. The number of aliphatic carboxylic acids is 1. The van der Waals surface area contributed by atoms with E-state index < -0.39 is 5.97 Å². The first-order valence-corrected chi connectivity index (χ1v) is 9.06. The lowest BCUT2D eigenvalue weighted by Gasteiger charge is -2.26. The van der Waals surface area contributed by atoms with Gasteiger partial charge in [0.25, 0.3) is 0 Å². The smallest absolute Gasteiger partial charge is 0.315 e. The zero-order valence-corrected chi connectivity index (χ0v) is 15.2. The third-order valence-corrected chi connectivity index (χ3v) is 4.59. The molecule has 0 spiro atoms. The molecule has 1 saturated carbocycles. The maximum absolute atomic E-state index is 11.9. The number of amides is 2. The van der Waals surface area contributed by atoms with Crippen LogP contribution in [0.3, 0.4) is 0 Å². The second kappa shape index (κ2) is 10.7. The molecule has 0 saturated heterocycles. The van der Waals surface area contributed by atoms with Crippen molar-refractivity contribution < 1.29 is 24.2 Å². The van der Waals surface area contributed by atoms with Gasteiger partial charge in [-0.1, -0.05) is 12.1 Å². The number of hydrogen-bond donors (Lipinski definition) is 3. The Kier molecular flexibility index (Phi) is 8.21. The average molecular weight is 364 g/mol. The molecule has 0 bridgehead atoms. The molecular weight excluding hydrogens is 336 g/mol. The third kappa shape index (κ3) is 6.92. The summed E-state index contributed by atoms with van der Waals surface area (Å²) in [7, 11) is 1.63. The Morgan fingerprint density at radius 2 is 1.85 bits per heavy atom. The minimum absolute atomic E-state index is 0.0666. The molecule has 0 unspecified atom stereocenters. The Labute approximate surface area is 154 Å². The molecule has 0 aromatic heterocycles. The van der Waals surface area contributed by atoms with Crippen molar-refractivity contribution in [1.29, 1.82) is 0 Å². The van der Waals surface area contributed by atoms with Gasteiger partial charge in [0.05, 0.1) is 19.6 Å². The van der Waals surface area contributed by atoms with Crippen LogP contribution >= 0.6 is 0 Å². The molecule has 0 atom stereocenters. The van der Waals surface area contributed by atoms with Crippen LogP contribution in [0.4, 0.5) is 4.79 Å². The second-order valence-electron chi connectivity index (χ2n) is 6.54. The monoisotopic (exact) mass is 364 g/mol. The SMILES string of the molecule is COc1ccc(COCCCNC(=O)NC2CCC(C(=O)O)CC2)cc1. The van der Waals surface area contributed by atoms with Gasteiger partial charge < -0.3 is 25.2 Å². The number of ether oxygens (including phenoxy) is 2. The van der Waals surface area contributed by atoms with Crippen molar-refractivity contribution in [3.8, 4) is 5.75 Å². The minimum atomic E-state index is -0.734. The summed E-state index contributed by atoms with van der Waals surface area (Å²) in [6.07, 6.45) is 3.42. The summed E-state index contributed by atoms with van der Waals surface area (Å²) in [5.74, 6) is -0.179. The highest BCUT2D eigenvalue weighted by Gasteiger charge is 2.26. The summed E-state index contributed by atoms with van der Waals surface area (Å²) in [6.45, 7) is 1.64. The van der Waals surface area contributed by atoms with Gasteiger partial charge in [-0.2, -0.15) is 0 Å². The molecular formula is C19H28N2O5. The van der Waals surface area contributed by atoms with E-state index >= 15 is 0 Å². The number of nitrogens with one attached hydrogen (secondary N) is 2. The third-order valence-electron chi connectivity index (χ3n) is 4.59. The van der Waals surface area contributed by atoms with Gasteiger partial charge in [-0.25, -0.2) is 4.79 Å². The average Bonchev–Trinajstić information content (AvgIpc) is 2.65. The summed E-state index contributed by atoms with van der Waals surface area (Å²) in [4.78, 5) is 22.8. The van der Waals surface area contributed by atoms with Crippen molar-refractivity contribution in [2.75, 3.05) is 20.3 Å². The Morgan fingerprint density at radius 3 is 2.46 bits per heavy atom. The van der Waals surface area contributed by atoms with Crippen molar-refractivity contribution in [2.45, 2.75) is 44.8 Å². The quantitative estimate of drug-likeness (QED) is 0.585. The van der Waals surface area contributed by atoms with E-state index in [9.17, 15) is 9.59 Å². The van der Waals surface area contributed by atoms with Gasteiger partial charge >= 0.3 is 12.0 Å². The molecule has 7 nitrogen and oxygen atoms in total. The summed E-state index contributed by atoms with van der Waals surface area (Å²) < 4.78 is 10.7. The van der Waals surface area contributed by atoms with E-state index in [-0.39, 0.29) is 18.0 Å². The van der Waals surface area contributed by atoms with Crippen LogP contribution in [0.2, 0.25) is 0 Å². The molecule has 2 amide bonds. The van der Waals surface area contributed by atoms with Crippen LogP contribution in [0.15, 0.2) is 24.3 Å². The van der Waals surface area contributed by atoms with Crippen LogP contribution in [0.25, 0.3) is 0 Å². The number of methoxy groups -OCH3 is 1. The Balaban J connectivity index is 1.50. The van der Waals surface area contributed by atoms with Crippen LogP contribution < -0.4 is 15.4 Å². The lowest BCUT2D eigenvalue weighted by atomic mass is 9.86. The number of carbonyl (C=O) groups is 2. The zero-order valence-electron chi connectivity index (χ0n) is 15.2. The van der Waals surface area contributed by atoms with E-state index in [1.54, 1.807) is 7.11 Å². The van der Waals surface area contributed by atoms with Crippen LogP contribution in [-0.4, -0.2) is 43.4 Å². The van der Waals surface area contributed by atoms with E-state index in [0.717, 1.165) is 30.6 Å². The number of urea groups is 1. The standard InChI is InChI=1S/C19H28N2O5/c1-25-17-9-3-14(4-10-17)13-26-12-2-11-20-19(24)21-16-7-5-15(6-8-16)18(22)23/h3-4,9-10,15-16H,2,5-8,11-13H2,1H3,(H,22,23)(H2,20,21,24). The number of hydrogen-bond acceptors (Lipinski definition) is 4. The fourth-order valence-electron chi connectivity index (χ4n) is 3.01. The van der Waals surface area contributed by atoms with Crippen molar-refractivity contribution in [3.05, 3.63) is 29.8 Å². The van der Waals surface area contributed by atoms with Crippen LogP contribution in [-0.2, 0) is 16.1 Å². The van der Waals surface area contributed by atoms with Crippen molar-refractivity contribution in [1.82, 2.24) is 10.6 Å². The van der Waals surface area contributed by atoms with E-state index in [4.69, 9.17) is 14.6 Å². The van der Waals surface area contributed by atoms with Crippen molar-refractivity contribution in [2.24, 2.45) is 5.92 Å². The largest absolute Gasteiger partial charge is 0.497 e. The number of rotatable bonds is 9. The molecule has 3 N–H and O–H groups in total. The van der Waals surface area contributed by atoms with Crippen LogP contribution in [0.1, 0.15) is 37.7 Å². The molecule has 1 aromatic carbocycles. The van der Waals surface area contributed by atoms with Gasteiger partial charge in [-0.3, -0.25) is 4.79 Å². The zero-order chi connectivity index (χ0) is 18.8. The maximum Gasteiger partial charge on any atom is 0.315 e. The van der Waals surface area contributed by atoms with E-state index in [1.165, 1.54) is 0 Å². The molecule has 7 heteroatoms. The molecule has 0 aliphatic heterocycles. The lowest BCUT2D eigenvalue weighted by molar-refractivity contribution is -0.142. The first-order valence-electron chi connectivity index (χ1n) is 9.06. The highest BCUT2D eigenvalue weighted by Crippen LogP contribution is 2.24. The normalized spacial score (nSPS) is 19.6. The second-order valence-corrected chi connectivity index (χ2v) is 6.54. The van der Waals surface area contributed by atoms with Gasteiger partial charge in [0, 0.05) is 19.2 Å². The van der Waals surface area contributed by atoms with Crippen molar-refractivity contribution >= 4 is 12.0 Å². The van der Waals surface area contributed by atoms with Gasteiger partial charge in [0.15, 0.2) is 0 Å². The molecule has 1 aromatic rings. The minimum Gasteiger partial charge on any atom is -0.497 e. The van der Waals surface area contributed by atoms with E-state index in [2.05, 4.69) is 10.6 Å². The molecule has 1 aliphatic carbocycles. The van der Waals surface area contributed by atoms with Crippen LogP contribution in [0.5, 0.6) is 5.75 Å². The molecule has 0 radical (unpaired) electrons. The van der Waals surface area contributed by atoms with Gasteiger partial charge in [-0.05, 0) is 49.8 Å². The predicted octanol–water partition coefficient (Wildman–Crippen LogP) is 2.54. The van der Waals surface area contributed by atoms with Crippen LogP contribution in [0, 0.1) is 5.92 Å². The Hall–Kier alpha value is -2.28. The number of carboxylic acids is 1. The predicted molar refractivity (Wildman–Crippen MR) is 97.2 cm³/mol. The van der Waals surface area contributed by atoms with Crippen molar-refractivity contribution in [3.63, 3.8) is 0 Å². The fourth-order valence-corrected chi connectivity index (χ4v) is 3.01. The molecule has 1 aliphatic rings. The molecule has 2 rings (SSSR count). The Morgan fingerprint density at radius 1 is 1.15 bits per heavy atom. The molecule has 26 heavy (non-hydrogen) atoms. The topological polar surface area (TPSA) is 96.9 Å². The summed E-state index contributed by atoms with van der Waals surface area (Å²) in [5.41, 5.74) is 1.08. The maximum atomic E-state index is 11.9. The summed E-state index contributed by atoms with van der Waals surface area (Å²) >= 11 is 0. The Bertz CT molecular complexity index is 568. The highest BCUT2D eigenvalue weighted by molar-refractivity contribution is 5.74. The van der Waals surface area contributed by atoms with E-state index in [1.807, 2.05) is 24.3 Å². The first kappa shape index (κ1) is 20.0. The summed E-state index contributed by atoms with van der Waals surface area (Å²) in [5, 5.41) is 14.7. The number of carbonyl (C=O) groups excluding carboxylic acids is 1. The first-order chi connectivity index (χ1) is 12.6. The number of carboxylic acid groups (broad SMARTS) is 1. The van der Waals surface area contributed by atoms with Gasteiger partial charge in [0.1, 0.15) is 5.75 Å². The lowest BCUT2D eigenvalue weighted by Crippen LogP contribution is -2.44. The highest BCUT2D eigenvalue weighted by atomic mass is 16.5. The molecule has 0 heterocycles.